The minimum atomic E-state index is -0.0124. The average molecular weight is 835 g/mol. The Morgan fingerprint density at radius 3 is 2.27 bits per heavy atom. The molecule has 0 aliphatic carbocycles. The van der Waals surface area contributed by atoms with E-state index in [4.69, 9.17) is 37.4 Å². The highest BCUT2D eigenvalue weighted by Gasteiger charge is 2.20. The Bertz CT molecular complexity index is 1920. The van der Waals surface area contributed by atoms with Gasteiger partial charge in [-0.1, -0.05) is 65.7 Å². The van der Waals surface area contributed by atoms with E-state index in [9.17, 15) is 4.79 Å². The lowest BCUT2D eigenvalue weighted by molar-refractivity contribution is -0.127. The van der Waals surface area contributed by atoms with Gasteiger partial charge in [0.05, 0.1) is 17.8 Å². The summed E-state index contributed by atoms with van der Waals surface area (Å²) >= 11 is 15.1. The number of rotatable bonds is 13. The third-order valence-corrected chi connectivity index (χ3v) is 9.89. The van der Waals surface area contributed by atoms with Gasteiger partial charge in [0.15, 0.2) is 5.75 Å². The summed E-state index contributed by atoms with van der Waals surface area (Å²) in [4.78, 5) is 21.7. The van der Waals surface area contributed by atoms with E-state index in [1.165, 1.54) is 14.7 Å². The molecule has 0 bridgehead atoms. The second kappa shape index (κ2) is 17.9. The molecule has 0 unspecified atom stereocenters. The van der Waals surface area contributed by atoms with E-state index < -0.39 is 0 Å². The molecule has 51 heavy (non-hydrogen) atoms. The van der Waals surface area contributed by atoms with Crippen LogP contribution in [0.3, 0.4) is 0 Å². The van der Waals surface area contributed by atoms with Crippen LogP contribution in [0.2, 0.25) is 10.0 Å². The molecule has 1 saturated heterocycles. The molecule has 0 radical (unpaired) electrons. The summed E-state index contributed by atoms with van der Waals surface area (Å²) in [5.41, 5.74) is 5.06. The fraction of sp³-hybridized carbons (Fsp3) is 0.220. The maximum atomic E-state index is 13.0. The van der Waals surface area contributed by atoms with Crippen molar-refractivity contribution in [1.82, 2.24) is 14.8 Å². The van der Waals surface area contributed by atoms with Gasteiger partial charge >= 0.3 is 0 Å². The standard InChI is InChI=1S/C41H38Cl2IN3O4/c1-29-24-32(25-38(43)41(29)51-39-16-15-36(26-45-39)50-28-33-4-2-3-5-37(33)42)10-17-40(48)47-21-19-46(20-22-47)27-31-8-6-30(7-9-31)18-23-49-35-13-11-34(44)12-14-35/h2-17,24-26H,18-23,27-28H2,1H3. The Morgan fingerprint density at radius 2 is 1.57 bits per heavy atom. The van der Waals surface area contributed by atoms with Crippen molar-refractivity contribution >= 4 is 57.8 Å². The Kier molecular flexibility index (Phi) is 12.9. The van der Waals surface area contributed by atoms with E-state index in [2.05, 4.69) is 56.7 Å². The lowest BCUT2D eigenvalue weighted by Gasteiger charge is -2.34. The molecule has 2 heterocycles. The van der Waals surface area contributed by atoms with Gasteiger partial charge in [0.1, 0.15) is 18.1 Å². The Labute approximate surface area is 322 Å². The molecule has 0 N–H and O–H groups in total. The van der Waals surface area contributed by atoms with Crippen molar-refractivity contribution in [3.63, 3.8) is 0 Å². The number of hydrogen-bond donors (Lipinski definition) is 0. The van der Waals surface area contributed by atoms with Crippen LogP contribution in [0, 0.1) is 10.5 Å². The van der Waals surface area contributed by atoms with Crippen molar-refractivity contribution in [3.05, 3.63) is 151 Å². The molecular weight excluding hydrogens is 796 g/mol. The molecule has 262 valence electrons. The Morgan fingerprint density at radius 1 is 0.843 bits per heavy atom. The molecule has 5 aromatic rings. The zero-order valence-electron chi connectivity index (χ0n) is 28.2. The van der Waals surface area contributed by atoms with E-state index in [-0.39, 0.29) is 5.91 Å². The minimum Gasteiger partial charge on any atom is -0.493 e. The number of carbonyl (C=O) groups is 1. The fourth-order valence-corrected chi connectivity index (χ4v) is 6.53. The molecule has 1 amide bonds. The predicted octanol–water partition coefficient (Wildman–Crippen LogP) is 9.65. The molecule has 1 aromatic heterocycles. The van der Waals surface area contributed by atoms with Gasteiger partial charge in [0, 0.05) is 65.4 Å². The highest BCUT2D eigenvalue weighted by Crippen LogP contribution is 2.34. The first-order chi connectivity index (χ1) is 24.8. The third-order valence-electron chi connectivity index (χ3n) is 8.52. The first kappa shape index (κ1) is 36.7. The highest BCUT2D eigenvalue weighted by molar-refractivity contribution is 14.1. The normalized spacial score (nSPS) is 13.4. The van der Waals surface area contributed by atoms with Gasteiger partial charge in [-0.2, -0.15) is 0 Å². The van der Waals surface area contributed by atoms with Crippen LogP contribution in [0.5, 0.6) is 23.1 Å². The number of aromatic nitrogens is 1. The Hall–Kier alpha value is -4.09. The number of amides is 1. The number of halogens is 3. The molecule has 1 aliphatic rings. The lowest BCUT2D eigenvalue weighted by atomic mass is 10.1. The van der Waals surface area contributed by atoms with Crippen molar-refractivity contribution < 1.29 is 19.0 Å². The molecule has 0 spiro atoms. The first-order valence-corrected chi connectivity index (χ1v) is 18.6. The minimum absolute atomic E-state index is 0.0124. The fourth-order valence-electron chi connectivity index (χ4n) is 5.66. The SMILES string of the molecule is Cc1cc(C=CC(=O)N2CCN(Cc3ccc(CCOc4ccc(I)cc4)cc3)CC2)cc(Cl)c1Oc1ccc(OCc2ccccc2Cl)cn1. The zero-order chi connectivity index (χ0) is 35.6. The van der Waals surface area contributed by atoms with Crippen molar-refractivity contribution in [1.29, 1.82) is 0 Å². The van der Waals surface area contributed by atoms with E-state index >= 15 is 0 Å². The predicted molar refractivity (Wildman–Crippen MR) is 212 cm³/mol. The summed E-state index contributed by atoms with van der Waals surface area (Å²) in [5.74, 6) is 2.38. The van der Waals surface area contributed by atoms with Gasteiger partial charge in [-0.15, -0.1) is 0 Å². The molecule has 1 fully saturated rings. The van der Waals surface area contributed by atoms with Gasteiger partial charge in [-0.25, -0.2) is 4.98 Å². The molecule has 10 heteroatoms. The van der Waals surface area contributed by atoms with Crippen LogP contribution in [-0.4, -0.2) is 53.5 Å². The second-order valence-corrected chi connectivity index (χ2v) is 14.3. The number of hydrogen-bond acceptors (Lipinski definition) is 6. The van der Waals surface area contributed by atoms with Gasteiger partial charge in [0.2, 0.25) is 11.8 Å². The number of carbonyl (C=O) groups excluding carboxylic acids is 1. The van der Waals surface area contributed by atoms with E-state index in [0.29, 0.717) is 53.7 Å². The maximum Gasteiger partial charge on any atom is 0.246 e. The van der Waals surface area contributed by atoms with Crippen LogP contribution in [0.15, 0.2) is 109 Å². The topological polar surface area (TPSA) is 64.1 Å². The first-order valence-electron chi connectivity index (χ1n) is 16.7. The second-order valence-electron chi connectivity index (χ2n) is 12.3. The van der Waals surface area contributed by atoms with Crippen LogP contribution < -0.4 is 14.2 Å². The van der Waals surface area contributed by atoms with Gasteiger partial charge < -0.3 is 19.1 Å². The molecule has 7 nitrogen and oxygen atoms in total. The maximum absolute atomic E-state index is 13.0. The van der Waals surface area contributed by atoms with Crippen LogP contribution in [0.25, 0.3) is 6.08 Å². The molecule has 0 saturated carbocycles. The summed E-state index contributed by atoms with van der Waals surface area (Å²) < 4.78 is 18.9. The summed E-state index contributed by atoms with van der Waals surface area (Å²) in [6.45, 7) is 6.77. The number of benzene rings is 4. The summed E-state index contributed by atoms with van der Waals surface area (Å²) in [6, 6.07) is 31.6. The molecular formula is C41H38Cl2IN3O4. The van der Waals surface area contributed by atoms with Crippen molar-refractivity contribution in [2.75, 3.05) is 32.8 Å². The lowest BCUT2D eigenvalue weighted by Crippen LogP contribution is -2.47. The quantitative estimate of drug-likeness (QED) is 0.0871. The number of ether oxygens (including phenoxy) is 3. The molecule has 6 rings (SSSR count). The number of pyridine rings is 1. The molecule has 1 aliphatic heterocycles. The van der Waals surface area contributed by atoms with Crippen LogP contribution in [-0.2, 0) is 24.4 Å². The molecule has 4 aromatic carbocycles. The van der Waals surface area contributed by atoms with E-state index in [1.807, 2.05) is 66.4 Å². The third kappa shape index (κ3) is 10.7. The molecule has 0 atom stereocenters. The van der Waals surface area contributed by atoms with Crippen LogP contribution in [0.1, 0.15) is 27.8 Å². The van der Waals surface area contributed by atoms with Gasteiger partial charge in [0.25, 0.3) is 0 Å². The zero-order valence-corrected chi connectivity index (χ0v) is 31.9. The van der Waals surface area contributed by atoms with Crippen LogP contribution in [0.4, 0.5) is 0 Å². The van der Waals surface area contributed by atoms with E-state index in [0.717, 1.165) is 48.5 Å². The summed E-state index contributed by atoms with van der Waals surface area (Å²) in [6.07, 6.45) is 5.87. The number of aryl methyl sites for hydroxylation is 1. The summed E-state index contributed by atoms with van der Waals surface area (Å²) in [7, 11) is 0. The number of piperazine rings is 1. The highest BCUT2D eigenvalue weighted by atomic mass is 127. The van der Waals surface area contributed by atoms with Crippen molar-refractivity contribution in [3.8, 4) is 23.1 Å². The average Bonchev–Trinajstić information content (AvgIpc) is 3.14. The van der Waals surface area contributed by atoms with Crippen LogP contribution >= 0.6 is 45.8 Å². The smallest absolute Gasteiger partial charge is 0.246 e. The van der Waals surface area contributed by atoms with Gasteiger partial charge in [-0.3, -0.25) is 9.69 Å². The number of nitrogens with zero attached hydrogens (tertiary/aromatic N) is 3. The summed E-state index contributed by atoms with van der Waals surface area (Å²) in [5, 5.41) is 1.09. The van der Waals surface area contributed by atoms with E-state index in [1.54, 1.807) is 36.5 Å². The van der Waals surface area contributed by atoms with Gasteiger partial charge in [-0.05, 0) is 106 Å². The largest absolute Gasteiger partial charge is 0.493 e. The Balaban J connectivity index is 0.935. The monoisotopic (exact) mass is 833 g/mol. The van der Waals surface area contributed by atoms with Crippen molar-refractivity contribution in [2.24, 2.45) is 0 Å². The van der Waals surface area contributed by atoms with Crippen molar-refractivity contribution in [2.45, 2.75) is 26.5 Å².